The average molecular weight is 376 g/mol. The van der Waals surface area contributed by atoms with Crippen LogP contribution in [-0.4, -0.2) is 10.1 Å². The monoisotopic (exact) mass is 376 g/mol. The van der Waals surface area contributed by atoms with E-state index in [-0.39, 0.29) is 12.2 Å². The molecule has 0 aliphatic rings. The van der Waals surface area contributed by atoms with Crippen LogP contribution in [0.25, 0.3) is 22.4 Å². The number of hydrogen-bond acceptors (Lipinski definition) is 6. The van der Waals surface area contributed by atoms with Crippen molar-refractivity contribution >= 4 is 11.0 Å². The van der Waals surface area contributed by atoms with Gasteiger partial charge in [-0.2, -0.15) is 4.98 Å². The Morgan fingerprint density at radius 2 is 1.86 bits per heavy atom. The van der Waals surface area contributed by atoms with Gasteiger partial charge in [0.25, 0.3) is 5.89 Å². The average Bonchev–Trinajstić information content (AvgIpc) is 3.15. The third-order valence-corrected chi connectivity index (χ3v) is 4.59. The first-order valence-electron chi connectivity index (χ1n) is 9.10. The summed E-state index contributed by atoms with van der Waals surface area (Å²) in [5, 5.41) is 4.89. The second kappa shape index (κ2) is 7.31. The first-order valence-corrected chi connectivity index (χ1v) is 9.10. The first kappa shape index (κ1) is 18.0. The molecule has 28 heavy (non-hydrogen) atoms. The van der Waals surface area contributed by atoms with Crippen molar-refractivity contribution in [3.8, 4) is 17.1 Å². The van der Waals surface area contributed by atoms with E-state index in [2.05, 4.69) is 36.1 Å². The molecule has 0 unspecified atom stereocenters. The van der Waals surface area contributed by atoms with Crippen molar-refractivity contribution in [1.29, 1.82) is 0 Å². The molecule has 0 N–H and O–H groups in total. The van der Waals surface area contributed by atoms with Crippen LogP contribution >= 0.6 is 0 Å². The van der Waals surface area contributed by atoms with Crippen molar-refractivity contribution in [3.63, 3.8) is 0 Å². The van der Waals surface area contributed by atoms with Gasteiger partial charge in [0.2, 0.25) is 5.82 Å². The molecule has 2 heterocycles. The molecule has 2 aromatic heterocycles. The van der Waals surface area contributed by atoms with Gasteiger partial charge in [-0.25, -0.2) is 4.79 Å². The summed E-state index contributed by atoms with van der Waals surface area (Å²) in [6.45, 7) is 6.29. The predicted molar refractivity (Wildman–Crippen MR) is 105 cm³/mol. The van der Waals surface area contributed by atoms with Crippen LogP contribution in [0.1, 0.15) is 36.8 Å². The fraction of sp³-hybridized carbons (Fsp3) is 0.227. The van der Waals surface area contributed by atoms with E-state index in [1.54, 1.807) is 6.07 Å². The maximum Gasteiger partial charge on any atom is 0.336 e. The van der Waals surface area contributed by atoms with Crippen LogP contribution in [0.4, 0.5) is 0 Å². The van der Waals surface area contributed by atoms with Crippen molar-refractivity contribution in [2.24, 2.45) is 0 Å². The molecule has 0 aliphatic carbocycles. The third kappa shape index (κ3) is 3.67. The Bertz CT molecular complexity index is 1170. The number of ether oxygens (including phenoxy) is 1. The lowest BCUT2D eigenvalue weighted by Crippen LogP contribution is -1.99. The summed E-state index contributed by atoms with van der Waals surface area (Å²) < 4.78 is 16.2. The molecule has 0 aliphatic heterocycles. The minimum Gasteiger partial charge on any atom is -0.484 e. The van der Waals surface area contributed by atoms with Gasteiger partial charge >= 0.3 is 5.63 Å². The number of benzene rings is 2. The molecule has 0 fully saturated rings. The zero-order valence-electron chi connectivity index (χ0n) is 15.9. The van der Waals surface area contributed by atoms with Gasteiger partial charge in [0.05, 0.1) is 0 Å². The molecule has 6 heteroatoms. The minimum absolute atomic E-state index is 0.124. The van der Waals surface area contributed by atoms with E-state index in [1.807, 2.05) is 31.2 Å². The Hall–Kier alpha value is -3.41. The lowest BCUT2D eigenvalue weighted by molar-refractivity contribution is 0.243. The van der Waals surface area contributed by atoms with Gasteiger partial charge < -0.3 is 13.7 Å². The number of fused-ring (bicyclic) bond motifs is 1. The van der Waals surface area contributed by atoms with Gasteiger partial charge in [0.15, 0.2) is 6.61 Å². The SMILES string of the molecule is Cc1cc(=O)oc2cc(OCc3nc(-c4ccc(C(C)C)cc4)no3)ccc12. The van der Waals surface area contributed by atoms with Gasteiger partial charge in [-0.05, 0) is 36.1 Å². The molecule has 2 aromatic carbocycles. The summed E-state index contributed by atoms with van der Waals surface area (Å²) in [6, 6.07) is 14.9. The first-order chi connectivity index (χ1) is 13.5. The molecular weight excluding hydrogens is 356 g/mol. The normalized spacial score (nSPS) is 11.3. The van der Waals surface area contributed by atoms with E-state index >= 15 is 0 Å². The fourth-order valence-corrected chi connectivity index (χ4v) is 2.99. The molecule has 4 rings (SSSR count). The van der Waals surface area contributed by atoms with Crippen LogP contribution < -0.4 is 10.4 Å². The van der Waals surface area contributed by atoms with E-state index in [9.17, 15) is 4.79 Å². The van der Waals surface area contributed by atoms with Crippen LogP contribution in [0.15, 0.2) is 62.3 Å². The number of hydrogen-bond donors (Lipinski definition) is 0. The Morgan fingerprint density at radius 3 is 2.61 bits per heavy atom. The summed E-state index contributed by atoms with van der Waals surface area (Å²) in [5.74, 6) is 1.92. The highest BCUT2D eigenvalue weighted by molar-refractivity contribution is 5.81. The van der Waals surface area contributed by atoms with Crippen LogP contribution in [0.3, 0.4) is 0 Å². The maximum absolute atomic E-state index is 11.5. The highest BCUT2D eigenvalue weighted by Gasteiger charge is 2.11. The van der Waals surface area contributed by atoms with Crippen LogP contribution in [0.5, 0.6) is 5.75 Å². The molecule has 0 spiro atoms. The third-order valence-electron chi connectivity index (χ3n) is 4.59. The molecular formula is C22H20N2O4. The van der Waals surface area contributed by atoms with Crippen molar-refractivity contribution in [3.05, 3.63) is 76.0 Å². The lowest BCUT2D eigenvalue weighted by atomic mass is 10.0. The number of aromatic nitrogens is 2. The van der Waals surface area contributed by atoms with Crippen LogP contribution in [0, 0.1) is 6.92 Å². The Balaban J connectivity index is 1.48. The Kier molecular flexibility index (Phi) is 4.69. The van der Waals surface area contributed by atoms with Gasteiger partial charge in [-0.1, -0.05) is 43.3 Å². The molecule has 142 valence electrons. The molecule has 0 saturated carbocycles. The second-order valence-corrected chi connectivity index (χ2v) is 6.98. The number of rotatable bonds is 5. The summed E-state index contributed by atoms with van der Waals surface area (Å²) in [5.41, 5.74) is 3.12. The molecule has 0 amide bonds. The van der Waals surface area contributed by atoms with E-state index < -0.39 is 0 Å². The largest absolute Gasteiger partial charge is 0.484 e. The smallest absolute Gasteiger partial charge is 0.336 e. The zero-order chi connectivity index (χ0) is 19.7. The molecule has 6 nitrogen and oxygen atoms in total. The molecule has 0 saturated heterocycles. The quantitative estimate of drug-likeness (QED) is 0.463. The van der Waals surface area contributed by atoms with E-state index in [4.69, 9.17) is 13.7 Å². The van der Waals surface area contributed by atoms with Gasteiger partial charge in [-0.3, -0.25) is 0 Å². The van der Waals surface area contributed by atoms with E-state index in [0.717, 1.165) is 16.5 Å². The van der Waals surface area contributed by atoms with Gasteiger partial charge in [-0.15, -0.1) is 0 Å². The van der Waals surface area contributed by atoms with Gasteiger partial charge in [0.1, 0.15) is 11.3 Å². The lowest BCUT2D eigenvalue weighted by Gasteiger charge is -2.05. The summed E-state index contributed by atoms with van der Waals surface area (Å²) in [4.78, 5) is 15.9. The van der Waals surface area contributed by atoms with Crippen molar-refractivity contribution in [2.45, 2.75) is 33.3 Å². The Labute approximate surface area is 161 Å². The van der Waals surface area contributed by atoms with Crippen LogP contribution in [0.2, 0.25) is 0 Å². The highest BCUT2D eigenvalue weighted by atomic mass is 16.5. The van der Waals surface area contributed by atoms with E-state index in [0.29, 0.717) is 29.0 Å². The predicted octanol–water partition coefficient (Wildman–Crippen LogP) is 4.85. The second-order valence-electron chi connectivity index (χ2n) is 6.98. The standard InChI is InChI=1S/C22H20N2O4/c1-13(2)15-4-6-16(7-5-15)22-23-20(28-24-22)12-26-17-8-9-18-14(3)10-21(25)27-19(18)11-17/h4-11,13H,12H2,1-3H3. The topological polar surface area (TPSA) is 78.4 Å². The molecule has 0 atom stereocenters. The van der Waals surface area contributed by atoms with Crippen LogP contribution in [-0.2, 0) is 6.61 Å². The summed E-state index contributed by atoms with van der Waals surface area (Å²) >= 11 is 0. The fourth-order valence-electron chi connectivity index (χ4n) is 2.99. The van der Waals surface area contributed by atoms with E-state index in [1.165, 1.54) is 11.6 Å². The number of nitrogens with zero attached hydrogens (tertiary/aromatic N) is 2. The zero-order valence-corrected chi connectivity index (χ0v) is 15.9. The van der Waals surface area contributed by atoms with Crippen molar-refractivity contribution in [1.82, 2.24) is 10.1 Å². The maximum atomic E-state index is 11.5. The Morgan fingerprint density at radius 1 is 1.07 bits per heavy atom. The van der Waals surface area contributed by atoms with Crippen molar-refractivity contribution in [2.75, 3.05) is 0 Å². The molecule has 4 aromatic rings. The van der Waals surface area contributed by atoms with Crippen molar-refractivity contribution < 1.29 is 13.7 Å². The molecule has 0 radical (unpaired) electrons. The summed E-state index contributed by atoms with van der Waals surface area (Å²) in [7, 11) is 0. The minimum atomic E-state index is -0.382. The summed E-state index contributed by atoms with van der Waals surface area (Å²) in [6.07, 6.45) is 0. The van der Waals surface area contributed by atoms with Gasteiger partial charge in [0, 0.05) is 23.1 Å². The number of aryl methyl sites for hydroxylation is 1. The molecule has 0 bridgehead atoms. The highest BCUT2D eigenvalue weighted by Crippen LogP contribution is 2.24.